The van der Waals surface area contributed by atoms with E-state index in [9.17, 15) is 14.4 Å². The fraction of sp³-hybridized carbons (Fsp3) is 0.438. The molecule has 0 radical (unpaired) electrons. The van der Waals surface area contributed by atoms with Crippen LogP contribution in [0.25, 0.3) is 0 Å². The van der Waals surface area contributed by atoms with Crippen molar-refractivity contribution in [3.63, 3.8) is 0 Å². The zero-order valence-electron chi connectivity index (χ0n) is 13.8. The Morgan fingerprint density at radius 1 is 1.21 bits per heavy atom. The molecule has 0 aliphatic rings. The molecular formula is C16H22N2O6. The summed E-state index contributed by atoms with van der Waals surface area (Å²) in [6.45, 7) is 5.18. The molecule has 24 heavy (non-hydrogen) atoms. The van der Waals surface area contributed by atoms with E-state index >= 15 is 0 Å². The number of carboxylic acids is 2. The molecule has 2 atom stereocenters. The van der Waals surface area contributed by atoms with Crippen molar-refractivity contribution in [3.05, 3.63) is 29.8 Å². The number of hydrogen-bond donors (Lipinski definition) is 4. The van der Waals surface area contributed by atoms with Gasteiger partial charge in [-0.25, -0.2) is 4.79 Å². The lowest BCUT2D eigenvalue weighted by Gasteiger charge is -2.19. The summed E-state index contributed by atoms with van der Waals surface area (Å²) >= 11 is 0. The molecular weight excluding hydrogens is 316 g/mol. The average Bonchev–Trinajstić information content (AvgIpc) is 2.46. The fourth-order valence-electron chi connectivity index (χ4n) is 1.70. The van der Waals surface area contributed by atoms with Gasteiger partial charge in [-0.3, -0.25) is 9.59 Å². The molecule has 0 saturated carbocycles. The summed E-state index contributed by atoms with van der Waals surface area (Å²) in [4.78, 5) is 33.8. The highest BCUT2D eigenvalue weighted by molar-refractivity contribution is 5.94. The fourth-order valence-corrected chi connectivity index (χ4v) is 1.70. The quantitative estimate of drug-likeness (QED) is 0.582. The monoisotopic (exact) mass is 338 g/mol. The summed E-state index contributed by atoms with van der Waals surface area (Å²) in [5.41, 5.74) is 5.85. The van der Waals surface area contributed by atoms with E-state index in [0.717, 1.165) is 0 Å². The summed E-state index contributed by atoms with van der Waals surface area (Å²) < 4.78 is 5.12. The Balaban J connectivity index is 2.78. The maximum Gasteiger partial charge on any atom is 0.335 e. The van der Waals surface area contributed by atoms with E-state index in [1.807, 2.05) is 0 Å². The van der Waals surface area contributed by atoms with Crippen molar-refractivity contribution in [1.29, 1.82) is 0 Å². The molecule has 0 aliphatic carbocycles. The Labute approximate surface area is 139 Å². The van der Waals surface area contributed by atoms with Crippen LogP contribution in [0.3, 0.4) is 0 Å². The number of carboxylic acid groups (broad SMARTS) is 2. The molecule has 1 rings (SSSR count). The first-order valence-electron chi connectivity index (χ1n) is 7.25. The number of carbonyl (C=O) groups is 3. The lowest BCUT2D eigenvalue weighted by molar-refractivity contribution is -0.159. The Bertz CT molecular complexity index is 623. The zero-order valence-corrected chi connectivity index (χ0v) is 13.8. The molecule has 1 aromatic carbocycles. The Morgan fingerprint density at radius 3 is 2.33 bits per heavy atom. The summed E-state index contributed by atoms with van der Waals surface area (Å²) in [6.07, 6.45) is -1.67. The van der Waals surface area contributed by atoms with Crippen LogP contribution in [0.2, 0.25) is 0 Å². The van der Waals surface area contributed by atoms with Gasteiger partial charge in [-0.1, -0.05) is 32.9 Å². The van der Waals surface area contributed by atoms with Crippen molar-refractivity contribution in [2.75, 3.05) is 5.32 Å². The standard InChI is InChI=1S/C16H22N2O6/c1-16(2,3)15(23)18-10-6-4-5-9(7-10)8-24-12(14(21)22)11(17)13(19)20/h4-7,11-12H,8,17H2,1-3H3,(H,18,23)(H,19,20)(H,21,22)/t11-,12-/m0/s1. The number of anilines is 1. The van der Waals surface area contributed by atoms with Crippen molar-refractivity contribution in [2.45, 2.75) is 39.5 Å². The highest BCUT2D eigenvalue weighted by Crippen LogP contribution is 2.18. The second-order valence-electron chi connectivity index (χ2n) is 6.34. The third kappa shape index (κ3) is 5.64. The van der Waals surface area contributed by atoms with Crippen LogP contribution in [0.1, 0.15) is 26.3 Å². The molecule has 5 N–H and O–H groups in total. The number of ether oxygens (including phenoxy) is 1. The first-order valence-corrected chi connectivity index (χ1v) is 7.25. The molecule has 0 fully saturated rings. The van der Waals surface area contributed by atoms with Gasteiger partial charge in [-0.15, -0.1) is 0 Å². The summed E-state index contributed by atoms with van der Waals surface area (Å²) in [6, 6.07) is 4.97. The zero-order chi connectivity index (χ0) is 18.5. The number of hydrogen-bond acceptors (Lipinski definition) is 5. The lowest BCUT2D eigenvalue weighted by atomic mass is 9.95. The van der Waals surface area contributed by atoms with E-state index in [4.69, 9.17) is 20.7 Å². The van der Waals surface area contributed by atoms with Crippen LogP contribution < -0.4 is 11.1 Å². The third-order valence-electron chi connectivity index (χ3n) is 3.15. The molecule has 0 unspecified atom stereocenters. The van der Waals surface area contributed by atoms with E-state index in [2.05, 4.69) is 5.32 Å². The van der Waals surface area contributed by atoms with Gasteiger partial charge in [-0.2, -0.15) is 0 Å². The summed E-state index contributed by atoms with van der Waals surface area (Å²) in [5, 5.41) is 20.6. The largest absolute Gasteiger partial charge is 0.480 e. The van der Waals surface area contributed by atoms with Crippen LogP contribution in [0.4, 0.5) is 5.69 Å². The lowest BCUT2D eigenvalue weighted by Crippen LogP contribution is -2.47. The smallest absolute Gasteiger partial charge is 0.335 e. The molecule has 0 bridgehead atoms. The molecule has 0 saturated heterocycles. The first kappa shape index (κ1) is 19.6. The average molecular weight is 338 g/mol. The van der Waals surface area contributed by atoms with E-state index < -0.39 is 29.5 Å². The molecule has 0 heterocycles. The van der Waals surface area contributed by atoms with Gasteiger partial charge in [0.2, 0.25) is 5.91 Å². The minimum absolute atomic E-state index is 0.156. The maximum absolute atomic E-state index is 12.0. The normalized spacial score (nSPS) is 13.8. The number of aliphatic carboxylic acids is 2. The van der Waals surface area contributed by atoms with Crippen molar-refractivity contribution >= 4 is 23.5 Å². The van der Waals surface area contributed by atoms with E-state index in [1.54, 1.807) is 45.0 Å². The number of nitrogens with one attached hydrogen (secondary N) is 1. The van der Waals surface area contributed by atoms with E-state index in [1.165, 1.54) is 0 Å². The number of nitrogens with two attached hydrogens (primary N) is 1. The van der Waals surface area contributed by atoms with Gasteiger partial charge in [0, 0.05) is 11.1 Å². The van der Waals surface area contributed by atoms with E-state index in [-0.39, 0.29) is 12.5 Å². The molecule has 0 aromatic heterocycles. The van der Waals surface area contributed by atoms with Gasteiger partial charge in [0.25, 0.3) is 0 Å². The predicted octanol–water partition coefficient (Wildman–Crippen LogP) is 1.05. The van der Waals surface area contributed by atoms with Crippen LogP contribution in [-0.4, -0.2) is 40.2 Å². The third-order valence-corrected chi connectivity index (χ3v) is 3.15. The van der Waals surface area contributed by atoms with Gasteiger partial charge in [0.15, 0.2) is 6.10 Å². The van der Waals surface area contributed by atoms with Crippen LogP contribution >= 0.6 is 0 Å². The predicted molar refractivity (Wildman–Crippen MR) is 86.4 cm³/mol. The van der Waals surface area contributed by atoms with Crippen LogP contribution in [0, 0.1) is 5.41 Å². The van der Waals surface area contributed by atoms with Crippen molar-refractivity contribution in [2.24, 2.45) is 11.1 Å². The van der Waals surface area contributed by atoms with Gasteiger partial charge in [-0.05, 0) is 17.7 Å². The Hall–Kier alpha value is -2.45. The Morgan fingerprint density at radius 2 is 1.83 bits per heavy atom. The minimum Gasteiger partial charge on any atom is -0.480 e. The molecule has 0 spiro atoms. The number of carbonyl (C=O) groups excluding carboxylic acids is 1. The van der Waals surface area contributed by atoms with Crippen molar-refractivity contribution < 1.29 is 29.3 Å². The molecule has 0 aliphatic heterocycles. The molecule has 1 aromatic rings. The molecule has 8 heteroatoms. The second-order valence-corrected chi connectivity index (χ2v) is 6.34. The van der Waals surface area contributed by atoms with Gasteiger partial charge in [0.1, 0.15) is 6.04 Å². The van der Waals surface area contributed by atoms with Gasteiger partial charge in [0.05, 0.1) is 6.61 Å². The Kier molecular flexibility index (Phi) is 6.44. The SMILES string of the molecule is CC(C)(C)C(=O)Nc1cccc(CO[C@H](C(=O)O)[C@H](N)C(=O)O)c1. The second kappa shape index (κ2) is 7.89. The van der Waals surface area contributed by atoms with Crippen molar-refractivity contribution in [1.82, 2.24) is 0 Å². The number of benzene rings is 1. The molecule has 1 amide bonds. The maximum atomic E-state index is 12.0. The summed E-state index contributed by atoms with van der Waals surface area (Å²) in [5.74, 6) is -3.09. The number of amides is 1. The topological polar surface area (TPSA) is 139 Å². The van der Waals surface area contributed by atoms with Crippen molar-refractivity contribution in [3.8, 4) is 0 Å². The highest BCUT2D eigenvalue weighted by atomic mass is 16.5. The van der Waals surface area contributed by atoms with Gasteiger partial charge >= 0.3 is 11.9 Å². The minimum atomic E-state index is -1.67. The van der Waals surface area contributed by atoms with Gasteiger partial charge < -0.3 is 26.0 Å². The first-order chi connectivity index (χ1) is 11.0. The van der Waals surface area contributed by atoms with Crippen LogP contribution in [0.15, 0.2) is 24.3 Å². The molecule has 132 valence electrons. The number of rotatable bonds is 7. The summed E-state index contributed by atoms with van der Waals surface area (Å²) in [7, 11) is 0. The van der Waals surface area contributed by atoms with E-state index in [0.29, 0.717) is 11.3 Å². The van der Waals surface area contributed by atoms with Crippen LogP contribution in [0.5, 0.6) is 0 Å². The highest BCUT2D eigenvalue weighted by Gasteiger charge is 2.31. The molecule has 8 nitrogen and oxygen atoms in total. The van der Waals surface area contributed by atoms with Crippen LogP contribution in [-0.2, 0) is 25.7 Å².